The van der Waals surface area contributed by atoms with E-state index in [1.54, 1.807) is 6.08 Å². The quantitative estimate of drug-likeness (QED) is 0.757. The van der Waals surface area contributed by atoms with Gasteiger partial charge < -0.3 is 0 Å². The number of benzene rings is 1. The molecule has 0 heterocycles. The maximum atomic E-state index is 11.8. The Morgan fingerprint density at radius 3 is 2.62 bits per heavy atom. The van der Waals surface area contributed by atoms with E-state index >= 15 is 0 Å². The maximum absolute atomic E-state index is 11.8. The van der Waals surface area contributed by atoms with Crippen LogP contribution in [0.15, 0.2) is 34.8 Å². The Balaban J connectivity index is 2.03. The minimum absolute atomic E-state index is 0.277. The average Bonchev–Trinajstić information content (AvgIpc) is 2.81. The predicted molar refractivity (Wildman–Crippen MR) is 70.1 cm³/mol. The molecule has 1 saturated carbocycles. The molecule has 0 bridgehead atoms. The summed E-state index contributed by atoms with van der Waals surface area (Å²) in [5.74, 6) is 0.562. The molecule has 0 atom stereocenters. The van der Waals surface area contributed by atoms with Gasteiger partial charge in [0.2, 0.25) is 0 Å². The molecule has 1 aliphatic rings. The van der Waals surface area contributed by atoms with Crippen molar-refractivity contribution in [1.82, 2.24) is 0 Å². The Morgan fingerprint density at radius 1 is 1.25 bits per heavy atom. The van der Waals surface area contributed by atoms with E-state index in [0.717, 1.165) is 22.9 Å². The molecule has 0 aliphatic heterocycles. The Morgan fingerprint density at radius 2 is 1.94 bits per heavy atom. The van der Waals surface area contributed by atoms with Gasteiger partial charge in [0.05, 0.1) is 0 Å². The lowest BCUT2D eigenvalue weighted by molar-refractivity contribution is -0.117. The average molecular weight is 279 g/mol. The summed E-state index contributed by atoms with van der Waals surface area (Å²) in [5.41, 5.74) is 1.06. The fourth-order valence-electron chi connectivity index (χ4n) is 2.13. The molecule has 2 heteroatoms. The fraction of sp³-hybridized carbons (Fsp3) is 0.357. The molecule has 2 rings (SSSR count). The van der Waals surface area contributed by atoms with Crippen LogP contribution in [-0.4, -0.2) is 5.78 Å². The fourth-order valence-corrected chi connectivity index (χ4v) is 2.55. The van der Waals surface area contributed by atoms with Gasteiger partial charge in [-0.15, -0.1) is 0 Å². The van der Waals surface area contributed by atoms with E-state index in [1.807, 2.05) is 30.3 Å². The lowest BCUT2D eigenvalue weighted by Gasteiger charge is -2.02. The molecule has 16 heavy (non-hydrogen) atoms. The normalized spacial score (nSPS) is 17.1. The van der Waals surface area contributed by atoms with Gasteiger partial charge in [0.15, 0.2) is 5.78 Å². The second-order valence-electron chi connectivity index (χ2n) is 4.24. The van der Waals surface area contributed by atoms with E-state index in [4.69, 9.17) is 0 Å². The van der Waals surface area contributed by atoms with Crippen molar-refractivity contribution in [3.05, 3.63) is 40.4 Å². The number of allylic oxidation sites excluding steroid dienone is 1. The van der Waals surface area contributed by atoms with Crippen LogP contribution in [0.2, 0.25) is 0 Å². The summed E-state index contributed by atoms with van der Waals surface area (Å²) in [6, 6.07) is 7.94. The van der Waals surface area contributed by atoms with E-state index in [0.29, 0.717) is 0 Å². The van der Waals surface area contributed by atoms with Gasteiger partial charge >= 0.3 is 0 Å². The van der Waals surface area contributed by atoms with Crippen molar-refractivity contribution in [2.45, 2.75) is 25.7 Å². The SMILES string of the molecule is O=C(/C=C/c1ccccc1Br)C1CCCC1. The number of hydrogen-bond acceptors (Lipinski definition) is 1. The van der Waals surface area contributed by atoms with Gasteiger partial charge in [-0.25, -0.2) is 0 Å². The topological polar surface area (TPSA) is 17.1 Å². The highest BCUT2D eigenvalue weighted by molar-refractivity contribution is 9.10. The van der Waals surface area contributed by atoms with E-state index in [9.17, 15) is 4.79 Å². The van der Waals surface area contributed by atoms with Crippen LogP contribution in [0.4, 0.5) is 0 Å². The van der Waals surface area contributed by atoms with Crippen LogP contribution in [0.3, 0.4) is 0 Å². The Kier molecular flexibility index (Phi) is 3.94. The molecule has 1 nitrogen and oxygen atoms in total. The molecule has 0 saturated heterocycles. The van der Waals surface area contributed by atoms with Gasteiger partial charge in [0, 0.05) is 10.4 Å². The van der Waals surface area contributed by atoms with Gasteiger partial charge in [0.25, 0.3) is 0 Å². The van der Waals surface area contributed by atoms with Crippen molar-refractivity contribution in [1.29, 1.82) is 0 Å². The van der Waals surface area contributed by atoms with Gasteiger partial charge in [-0.2, -0.15) is 0 Å². The number of rotatable bonds is 3. The molecule has 0 amide bonds. The third-order valence-corrected chi connectivity index (χ3v) is 3.81. The first-order chi connectivity index (χ1) is 7.77. The first kappa shape index (κ1) is 11.6. The second-order valence-corrected chi connectivity index (χ2v) is 5.09. The molecule has 0 unspecified atom stereocenters. The van der Waals surface area contributed by atoms with Gasteiger partial charge in [-0.3, -0.25) is 4.79 Å². The third kappa shape index (κ3) is 2.82. The Hall–Kier alpha value is -0.890. The summed E-state index contributed by atoms with van der Waals surface area (Å²) in [5, 5.41) is 0. The predicted octanol–water partition coefficient (Wildman–Crippen LogP) is 4.22. The van der Waals surface area contributed by atoms with Crippen LogP contribution in [0, 0.1) is 5.92 Å². The molecule has 1 aliphatic carbocycles. The maximum Gasteiger partial charge on any atom is 0.158 e. The highest BCUT2D eigenvalue weighted by atomic mass is 79.9. The molecular weight excluding hydrogens is 264 g/mol. The number of carbonyl (C=O) groups excluding carboxylic acids is 1. The standard InChI is InChI=1S/C14H15BrO/c15-13-8-4-3-5-11(13)9-10-14(16)12-6-1-2-7-12/h3-5,8-10,12H,1-2,6-7H2/b10-9+. The smallest absolute Gasteiger partial charge is 0.158 e. The molecule has 0 aromatic heterocycles. The lowest BCUT2D eigenvalue weighted by atomic mass is 10.0. The van der Waals surface area contributed by atoms with Gasteiger partial charge in [-0.1, -0.05) is 53.0 Å². The number of carbonyl (C=O) groups is 1. The number of ketones is 1. The zero-order valence-corrected chi connectivity index (χ0v) is 10.7. The first-order valence-electron chi connectivity index (χ1n) is 5.74. The summed E-state index contributed by atoms with van der Waals surface area (Å²) < 4.78 is 1.03. The van der Waals surface area contributed by atoms with Crippen molar-refractivity contribution >= 4 is 27.8 Å². The van der Waals surface area contributed by atoms with Crippen LogP contribution in [-0.2, 0) is 4.79 Å². The summed E-state index contributed by atoms with van der Waals surface area (Å²) in [4.78, 5) is 11.8. The minimum Gasteiger partial charge on any atom is -0.295 e. The first-order valence-corrected chi connectivity index (χ1v) is 6.53. The Labute approximate surface area is 105 Å². The highest BCUT2D eigenvalue weighted by Gasteiger charge is 2.20. The molecule has 0 radical (unpaired) electrons. The minimum atomic E-state index is 0.277. The second kappa shape index (κ2) is 5.44. The van der Waals surface area contributed by atoms with E-state index in [2.05, 4.69) is 15.9 Å². The van der Waals surface area contributed by atoms with Crippen LogP contribution in [0.25, 0.3) is 6.08 Å². The van der Waals surface area contributed by atoms with Crippen molar-refractivity contribution in [3.8, 4) is 0 Å². The zero-order chi connectivity index (χ0) is 11.4. The monoisotopic (exact) mass is 278 g/mol. The molecule has 84 valence electrons. The largest absolute Gasteiger partial charge is 0.295 e. The van der Waals surface area contributed by atoms with E-state index < -0.39 is 0 Å². The van der Waals surface area contributed by atoms with Gasteiger partial charge in [0.1, 0.15) is 0 Å². The molecule has 1 aromatic carbocycles. The van der Waals surface area contributed by atoms with E-state index in [-0.39, 0.29) is 11.7 Å². The highest BCUT2D eigenvalue weighted by Crippen LogP contribution is 2.26. The van der Waals surface area contributed by atoms with Crippen molar-refractivity contribution < 1.29 is 4.79 Å². The summed E-state index contributed by atoms with van der Waals surface area (Å²) in [7, 11) is 0. The molecule has 0 spiro atoms. The molecule has 1 fully saturated rings. The molecular formula is C14H15BrO. The molecule has 1 aromatic rings. The van der Waals surface area contributed by atoms with Crippen LogP contribution in [0.5, 0.6) is 0 Å². The van der Waals surface area contributed by atoms with Crippen molar-refractivity contribution in [3.63, 3.8) is 0 Å². The summed E-state index contributed by atoms with van der Waals surface area (Å²) in [6.07, 6.45) is 8.19. The van der Waals surface area contributed by atoms with Gasteiger partial charge in [-0.05, 0) is 30.5 Å². The molecule has 0 N–H and O–H groups in total. The van der Waals surface area contributed by atoms with Crippen LogP contribution < -0.4 is 0 Å². The van der Waals surface area contributed by atoms with E-state index in [1.165, 1.54) is 12.8 Å². The number of halogens is 1. The Bertz CT molecular complexity index is 403. The number of hydrogen-bond donors (Lipinski definition) is 0. The summed E-state index contributed by atoms with van der Waals surface area (Å²) >= 11 is 3.47. The van der Waals surface area contributed by atoms with Crippen molar-refractivity contribution in [2.75, 3.05) is 0 Å². The van der Waals surface area contributed by atoms with Crippen LogP contribution >= 0.6 is 15.9 Å². The summed E-state index contributed by atoms with van der Waals surface area (Å²) in [6.45, 7) is 0. The van der Waals surface area contributed by atoms with Crippen LogP contribution in [0.1, 0.15) is 31.2 Å². The zero-order valence-electron chi connectivity index (χ0n) is 9.16. The third-order valence-electron chi connectivity index (χ3n) is 3.09. The lowest BCUT2D eigenvalue weighted by Crippen LogP contribution is -2.06. The van der Waals surface area contributed by atoms with Crippen molar-refractivity contribution in [2.24, 2.45) is 5.92 Å².